The molecule has 0 saturated carbocycles. The molecule has 0 bridgehead atoms. The van der Waals surface area contributed by atoms with Crippen molar-refractivity contribution in [2.45, 2.75) is 12.5 Å². The Kier molecular flexibility index (Phi) is 4.18. The second kappa shape index (κ2) is 6.43. The molecule has 1 fully saturated rings. The van der Waals surface area contributed by atoms with Gasteiger partial charge in [-0.05, 0) is 24.3 Å². The molecule has 1 aliphatic heterocycles. The Hall–Kier alpha value is -2.63. The second-order valence-corrected chi connectivity index (χ2v) is 5.08. The van der Waals surface area contributed by atoms with E-state index >= 15 is 0 Å². The second-order valence-electron chi connectivity index (χ2n) is 5.08. The number of hydrogen-bond donors (Lipinski definition) is 0. The first-order chi connectivity index (χ1) is 10.8. The number of ether oxygens (including phenoxy) is 2. The largest absolute Gasteiger partial charge is 0.497 e. The van der Waals surface area contributed by atoms with Crippen molar-refractivity contribution in [2.24, 2.45) is 0 Å². The SMILES string of the molecule is COc1ccc(OC2CCN(C(=O)c3cncnc3)C2)cc1. The third-order valence-corrected chi connectivity index (χ3v) is 3.60. The van der Waals surface area contributed by atoms with Gasteiger partial charge in [0.25, 0.3) is 5.91 Å². The van der Waals surface area contributed by atoms with Crippen molar-refractivity contribution in [1.82, 2.24) is 14.9 Å². The van der Waals surface area contributed by atoms with Crippen molar-refractivity contribution in [3.63, 3.8) is 0 Å². The third kappa shape index (κ3) is 3.16. The lowest BCUT2D eigenvalue weighted by Gasteiger charge is -2.17. The molecule has 2 heterocycles. The van der Waals surface area contributed by atoms with E-state index in [2.05, 4.69) is 9.97 Å². The van der Waals surface area contributed by atoms with Crippen LogP contribution in [0.4, 0.5) is 0 Å². The lowest BCUT2D eigenvalue weighted by Crippen LogP contribution is -2.31. The molecule has 2 aromatic rings. The number of carbonyl (C=O) groups is 1. The fourth-order valence-electron chi connectivity index (χ4n) is 2.45. The highest BCUT2D eigenvalue weighted by molar-refractivity contribution is 5.93. The predicted molar refractivity (Wildman–Crippen MR) is 80.0 cm³/mol. The minimum absolute atomic E-state index is 0.00183. The van der Waals surface area contributed by atoms with E-state index in [1.807, 2.05) is 24.3 Å². The Labute approximate surface area is 128 Å². The summed E-state index contributed by atoms with van der Waals surface area (Å²) in [5.74, 6) is 1.52. The first-order valence-electron chi connectivity index (χ1n) is 7.11. The van der Waals surface area contributed by atoms with Crippen LogP contribution in [0.1, 0.15) is 16.8 Å². The summed E-state index contributed by atoms with van der Waals surface area (Å²) in [6, 6.07) is 7.45. The average molecular weight is 299 g/mol. The number of amides is 1. The van der Waals surface area contributed by atoms with Gasteiger partial charge in [0, 0.05) is 25.4 Å². The molecule has 6 nitrogen and oxygen atoms in total. The molecule has 114 valence electrons. The predicted octanol–water partition coefficient (Wildman–Crippen LogP) is 1.78. The van der Waals surface area contributed by atoms with Crippen LogP contribution in [0.5, 0.6) is 11.5 Å². The molecule has 0 radical (unpaired) electrons. The fraction of sp³-hybridized carbons (Fsp3) is 0.312. The smallest absolute Gasteiger partial charge is 0.257 e. The zero-order valence-electron chi connectivity index (χ0n) is 12.3. The first-order valence-corrected chi connectivity index (χ1v) is 7.11. The van der Waals surface area contributed by atoms with Crippen molar-refractivity contribution in [3.05, 3.63) is 48.5 Å². The molecule has 1 atom stereocenters. The van der Waals surface area contributed by atoms with E-state index < -0.39 is 0 Å². The van der Waals surface area contributed by atoms with Crippen LogP contribution in [0.15, 0.2) is 43.0 Å². The van der Waals surface area contributed by atoms with E-state index in [0.29, 0.717) is 18.7 Å². The Morgan fingerprint density at radius 3 is 2.55 bits per heavy atom. The number of hydrogen-bond acceptors (Lipinski definition) is 5. The van der Waals surface area contributed by atoms with Gasteiger partial charge >= 0.3 is 0 Å². The highest BCUT2D eigenvalue weighted by Crippen LogP contribution is 2.22. The van der Waals surface area contributed by atoms with Crippen molar-refractivity contribution < 1.29 is 14.3 Å². The van der Waals surface area contributed by atoms with E-state index in [9.17, 15) is 4.79 Å². The highest BCUT2D eigenvalue weighted by Gasteiger charge is 2.28. The van der Waals surface area contributed by atoms with Crippen LogP contribution in [-0.2, 0) is 0 Å². The number of carbonyl (C=O) groups excluding carboxylic acids is 1. The van der Waals surface area contributed by atoms with Gasteiger partial charge in [-0.15, -0.1) is 0 Å². The van der Waals surface area contributed by atoms with Crippen molar-refractivity contribution in [3.8, 4) is 11.5 Å². The molecule has 1 unspecified atom stereocenters. The molecular formula is C16H17N3O3. The van der Waals surface area contributed by atoms with Gasteiger partial charge in [0.15, 0.2) is 0 Å². The Bertz CT molecular complexity index is 631. The standard InChI is InChI=1S/C16H17N3O3/c1-21-13-2-4-14(5-3-13)22-15-6-7-19(10-15)16(20)12-8-17-11-18-9-12/h2-5,8-9,11,15H,6-7,10H2,1H3. The average Bonchev–Trinajstić information content (AvgIpc) is 3.04. The van der Waals surface area contributed by atoms with Crippen LogP contribution in [0.3, 0.4) is 0 Å². The van der Waals surface area contributed by atoms with Crippen molar-refractivity contribution in [2.75, 3.05) is 20.2 Å². The van der Waals surface area contributed by atoms with Crippen molar-refractivity contribution >= 4 is 5.91 Å². The molecule has 6 heteroatoms. The molecule has 1 amide bonds. The third-order valence-electron chi connectivity index (χ3n) is 3.60. The van der Waals surface area contributed by atoms with Crippen LogP contribution in [0.25, 0.3) is 0 Å². The summed E-state index contributed by atoms with van der Waals surface area (Å²) in [7, 11) is 1.63. The van der Waals surface area contributed by atoms with Gasteiger partial charge in [0.2, 0.25) is 0 Å². The van der Waals surface area contributed by atoms with E-state index in [0.717, 1.165) is 17.9 Å². The number of rotatable bonds is 4. The quantitative estimate of drug-likeness (QED) is 0.861. The molecule has 0 N–H and O–H groups in total. The number of aromatic nitrogens is 2. The maximum Gasteiger partial charge on any atom is 0.257 e. The van der Waals surface area contributed by atoms with Gasteiger partial charge in [0.05, 0.1) is 19.2 Å². The molecule has 1 aromatic heterocycles. The Morgan fingerprint density at radius 2 is 1.86 bits per heavy atom. The first kappa shape index (κ1) is 14.3. The maximum atomic E-state index is 12.3. The van der Waals surface area contributed by atoms with Crippen LogP contribution < -0.4 is 9.47 Å². The Morgan fingerprint density at radius 1 is 1.18 bits per heavy atom. The van der Waals surface area contributed by atoms with Gasteiger partial charge in [-0.3, -0.25) is 4.79 Å². The minimum atomic E-state index is -0.0542. The molecule has 1 saturated heterocycles. The Balaban J connectivity index is 1.59. The zero-order valence-corrected chi connectivity index (χ0v) is 12.3. The van der Waals surface area contributed by atoms with Crippen molar-refractivity contribution in [1.29, 1.82) is 0 Å². The molecule has 22 heavy (non-hydrogen) atoms. The van der Waals surface area contributed by atoms with Gasteiger partial charge in [0.1, 0.15) is 23.9 Å². The van der Waals surface area contributed by atoms with Gasteiger partial charge in [-0.25, -0.2) is 9.97 Å². The number of methoxy groups -OCH3 is 1. The maximum absolute atomic E-state index is 12.3. The van der Waals surface area contributed by atoms with Gasteiger partial charge in [-0.2, -0.15) is 0 Å². The number of benzene rings is 1. The van der Waals surface area contributed by atoms with Crippen LogP contribution in [-0.4, -0.2) is 47.1 Å². The summed E-state index contributed by atoms with van der Waals surface area (Å²) in [5.41, 5.74) is 0.507. The van der Waals surface area contributed by atoms with Crippen LogP contribution in [0.2, 0.25) is 0 Å². The molecule has 1 aromatic carbocycles. The monoisotopic (exact) mass is 299 g/mol. The summed E-state index contributed by atoms with van der Waals surface area (Å²) in [5, 5.41) is 0. The summed E-state index contributed by atoms with van der Waals surface area (Å²) in [6.45, 7) is 1.24. The topological polar surface area (TPSA) is 64.6 Å². The lowest BCUT2D eigenvalue weighted by atomic mass is 10.3. The minimum Gasteiger partial charge on any atom is -0.497 e. The fourth-order valence-corrected chi connectivity index (χ4v) is 2.45. The van der Waals surface area contributed by atoms with Gasteiger partial charge in [-0.1, -0.05) is 0 Å². The molecule has 3 rings (SSSR count). The lowest BCUT2D eigenvalue weighted by molar-refractivity contribution is 0.0771. The molecule has 0 aliphatic carbocycles. The summed E-state index contributed by atoms with van der Waals surface area (Å²) < 4.78 is 11.0. The van der Waals surface area contributed by atoms with Crippen LogP contribution >= 0.6 is 0 Å². The van der Waals surface area contributed by atoms with E-state index in [1.165, 1.54) is 18.7 Å². The highest BCUT2D eigenvalue weighted by atomic mass is 16.5. The van der Waals surface area contributed by atoms with Crippen LogP contribution in [0, 0.1) is 0 Å². The molecular weight excluding hydrogens is 282 g/mol. The number of likely N-dealkylation sites (tertiary alicyclic amines) is 1. The summed E-state index contributed by atoms with van der Waals surface area (Å²) in [4.78, 5) is 21.8. The number of nitrogens with zero attached hydrogens (tertiary/aromatic N) is 3. The van der Waals surface area contributed by atoms with E-state index in [1.54, 1.807) is 12.0 Å². The molecule has 0 spiro atoms. The molecule has 1 aliphatic rings. The summed E-state index contributed by atoms with van der Waals surface area (Å²) in [6.07, 6.45) is 5.30. The summed E-state index contributed by atoms with van der Waals surface area (Å²) >= 11 is 0. The zero-order chi connectivity index (χ0) is 15.4. The van der Waals surface area contributed by atoms with E-state index in [-0.39, 0.29) is 12.0 Å². The van der Waals surface area contributed by atoms with E-state index in [4.69, 9.17) is 9.47 Å². The normalized spacial score (nSPS) is 17.3. The van der Waals surface area contributed by atoms with Gasteiger partial charge < -0.3 is 14.4 Å².